The highest BCUT2D eigenvalue weighted by atomic mass is 16.6. The van der Waals surface area contributed by atoms with E-state index in [4.69, 9.17) is 10.5 Å². The molecule has 0 aliphatic heterocycles. The molecule has 0 bridgehead atoms. The van der Waals surface area contributed by atoms with Crippen molar-refractivity contribution in [3.05, 3.63) is 0 Å². The van der Waals surface area contributed by atoms with Gasteiger partial charge in [0.2, 0.25) is 0 Å². The van der Waals surface area contributed by atoms with E-state index in [1.54, 1.807) is 0 Å². The molecule has 4 nitrogen and oxygen atoms in total. The first kappa shape index (κ1) is 16.3. The van der Waals surface area contributed by atoms with Gasteiger partial charge in [0, 0.05) is 12.6 Å². The summed E-state index contributed by atoms with van der Waals surface area (Å²) in [6.07, 6.45) is 5.42. The summed E-state index contributed by atoms with van der Waals surface area (Å²) < 4.78 is 5.54. The Morgan fingerprint density at radius 2 is 1.95 bits per heavy atom. The lowest BCUT2D eigenvalue weighted by Crippen LogP contribution is -2.48. The molecule has 0 radical (unpaired) electrons. The van der Waals surface area contributed by atoms with Gasteiger partial charge in [0.05, 0.1) is 0 Å². The van der Waals surface area contributed by atoms with E-state index in [0.29, 0.717) is 25.0 Å². The van der Waals surface area contributed by atoms with Crippen LogP contribution < -0.4 is 5.73 Å². The average Bonchev–Trinajstić information content (AvgIpc) is 2.29. The van der Waals surface area contributed by atoms with Gasteiger partial charge in [-0.3, -0.25) is 0 Å². The van der Waals surface area contributed by atoms with Crippen molar-refractivity contribution in [2.45, 2.75) is 71.4 Å². The molecule has 19 heavy (non-hydrogen) atoms. The molecule has 0 aromatic carbocycles. The standard InChI is InChI=1S/C15H30N2O2/c1-12-8-5-6-9-13(12)17(11-7-10-16)14(18)19-15(2,3)4/h12-13H,5-11,16H2,1-4H3/t12-,13+/m1/s1. The van der Waals surface area contributed by atoms with Crippen LogP contribution in [-0.2, 0) is 4.74 Å². The Hall–Kier alpha value is -0.770. The van der Waals surface area contributed by atoms with Crippen molar-refractivity contribution in [1.82, 2.24) is 4.90 Å². The smallest absolute Gasteiger partial charge is 0.410 e. The van der Waals surface area contributed by atoms with Gasteiger partial charge in [-0.15, -0.1) is 0 Å². The van der Waals surface area contributed by atoms with Crippen molar-refractivity contribution >= 4 is 6.09 Å². The molecular weight excluding hydrogens is 240 g/mol. The van der Waals surface area contributed by atoms with Crippen LogP contribution in [0.5, 0.6) is 0 Å². The van der Waals surface area contributed by atoms with Gasteiger partial charge in [0.15, 0.2) is 0 Å². The van der Waals surface area contributed by atoms with Crippen LogP contribution in [0, 0.1) is 5.92 Å². The van der Waals surface area contributed by atoms with E-state index in [0.717, 1.165) is 12.8 Å². The van der Waals surface area contributed by atoms with Crippen LogP contribution in [0.4, 0.5) is 4.79 Å². The molecule has 0 aromatic heterocycles. The number of ether oxygens (including phenoxy) is 1. The summed E-state index contributed by atoms with van der Waals surface area (Å²) in [5, 5.41) is 0. The van der Waals surface area contributed by atoms with Crippen LogP contribution in [0.2, 0.25) is 0 Å². The van der Waals surface area contributed by atoms with E-state index >= 15 is 0 Å². The fourth-order valence-corrected chi connectivity index (χ4v) is 2.73. The lowest BCUT2D eigenvalue weighted by molar-refractivity contribution is 0.00519. The highest BCUT2D eigenvalue weighted by molar-refractivity contribution is 5.68. The maximum absolute atomic E-state index is 12.4. The van der Waals surface area contributed by atoms with Crippen LogP contribution >= 0.6 is 0 Å². The zero-order valence-electron chi connectivity index (χ0n) is 12.9. The Labute approximate surface area is 117 Å². The van der Waals surface area contributed by atoms with Gasteiger partial charge < -0.3 is 15.4 Å². The fraction of sp³-hybridized carbons (Fsp3) is 0.933. The van der Waals surface area contributed by atoms with E-state index in [1.807, 2.05) is 25.7 Å². The van der Waals surface area contributed by atoms with Gasteiger partial charge >= 0.3 is 6.09 Å². The van der Waals surface area contributed by atoms with Crippen molar-refractivity contribution in [3.63, 3.8) is 0 Å². The number of hydrogen-bond donors (Lipinski definition) is 1. The first-order valence-electron chi connectivity index (χ1n) is 7.55. The van der Waals surface area contributed by atoms with Crippen LogP contribution in [0.15, 0.2) is 0 Å². The molecule has 1 aliphatic carbocycles. The molecule has 1 aliphatic rings. The second-order valence-electron chi connectivity index (χ2n) is 6.65. The van der Waals surface area contributed by atoms with Crippen LogP contribution in [0.25, 0.3) is 0 Å². The minimum atomic E-state index is -0.435. The van der Waals surface area contributed by atoms with Gasteiger partial charge in [-0.05, 0) is 52.5 Å². The predicted octanol–water partition coefficient (Wildman–Crippen LogP) is 3.15. The lowest BCUT2D eigenvalue weighted by atomic mass is 9.85. The third-order valence-corrected chi connectivity index (χ3v) is 3.70. The normalized spacial score (nSPS) is 24.1. The summed E-state index contributed by atoms with van der Waals surface area (Å²) in [5.74, 6) is 0.555. The van der Waals surface area contributed by atoms with Crippen molar-refractivity contribution in [2.24, 2.45) is 11.7 Å². The summed E-state index contributed by atoms with van der Waals surface area (Å²) in [5.41, 5.74) is 5.16. The molecule has 2 N–H and O–H groups in total. The Morgan fingerprint density at radius 3 is 2.47 bits per heavy atom. The Balaban J connectivity index is 2.72. The van der Waals surface area contributed by atoms with Gasteiger partial charge in [-0.2, -0.15) is 0 Å². The lowest BCUT2D eigenvalue weighted by Gasteiger charge is -2.39. The Bertz CT molecular complexity index is 286. The summed E-state index contributed by atoms with van der Waals surface area (Å²) in [6.45, 7) is 9.30. The number of hydrogen-bond acceptors (Lipinski definition) is 3. The summed E-state index contributed by atoms with van der Waals surface area (Å²) in [7, 11) is 0. The van der Waals surface area contributed by atoms with Crippen LogP contribution in [0.3, 0.4) is 0 Å². The molecule has 1 amide bonds. The van der Waals surface area contributed by atoms with E-state index in [1.165, 1.54) is 19.3 Å². The third kappa shape index (κ3) is 5.39. The number of carbonyl (C=O) groups is 1. The minimum Gasteiger partial charge on any atom is -0.444 e. The monoisotopic (exact) mass is 270 g/mol. The van der Waals surface area contributed by atoms with E-state index in [-0.39, 0.29) is 6.09 Å². The first-order chi connectivity index (χ1) is 8.85. The maximum atomic E-state index is 12.4. The third-order valence-electron chi connectivity index (χ3n) is 3.70. The van der Waals surface area contributed by atoms with Crippen molar-refractivity contribution in [2.75, 3.05) is 13.1 Å². The second-order valence-corrected chi connectivity index (χ2v) is 6.65. The highest BCUT2D eigenvalue weighted by Crippen LogP contribution is 2.29. The predicted molar refractivity (Wildman–Crippen MR) is 78.0 cm³/mol. The van der Waals surface area contributed by atoms with Crippen molar-refractivity contribution < 1.29 is 9.53 Å². The molecule has 1 rings (SSSR count). The number of rotatable bonds is 4. The first-order valence-corrected chi connectivity index (χ1v) is 7.55. The fourth-order valence-electron chi connectivity index (χ4n) is 2.73. The average molecular weight is 270 g/mol. The molecular formula is C15H30N2O2. The topological polar surface area (TPSA) is 55.6 Å². The largest absolute Gasteiger partial charge is 0.444 e. The number of nitrogens with zero attached hydrogens (tertiary/aromatic N) is 1. The zero-order valence-corrected chi connectivity index (χ0v) is 12.9. The molecule has 0 spiro atoms. The molecule has 0 heterocycles. The van der Waals surface area contributed by atoms with Gasteiger partial charge in [0.1, 0.15) is 5.60 Å². The molecule has 0 aromatic rings. The van der Waals surface area contributed by atoms with E-state index < -0.39 is 5.60 Å². The quantitative estimate of drug-likeness (QED) is 0.853. The second kappa shape index (κ2) is 7.13. The Morgan fingerprint density at radius 1 is 1.32 bits per heavy atom. The summed E-state index contributed by atoms with van der Waals surface area (Å²) in [4.78, 5) is 14.3. The molecule has 4 heteroatoms. The van der Waals surface area contributed by atoms with Crippen LogP contribution in [-0.4, -0.2) is 35.7 Å². The Kier molecular flexibility index (Phi) is 6.11. The number of carbonyl (C=O) groups excluding carboxylic acids is 1. The minimum absolute atomic E-state index is 0.181. The van der Waals surface area contributed by atoms with Crippen molar-refractivity contribution in [1.29, 1.82) is 0 Å². The summed E-state index contributed by atoms with van der Waals surface area (Å²) in [6, 6.07) is 0.315. The molecule has 112 valence electrons. The zero-order chi connectivity index (χ0) is 14.5. The molecule has 2 atom stereocenters. The highest BCUT2D eigenvalue weighted by Gasteiger charge is 2.32. The van der Waals surface area contributed by atoms with Gasteiger partial charge in [0.25, 0.3) is 0 Å². The number of nitrogens with two attached hydrogens (primary N) is 1. The molecule has 1 saturated carbocycles. The van der Waals surface area contributed by atoms with Gasteiger partial charge in [-0.25, -0.2) is 4.79 Å². The SMILES string of the molecule is C[C@@H]1CCCC[C@@H]1N(CCCN)C(=O)OC(C)(C)C. The maximum Gasteiger partial charge on any atom is 0.410 e. The van der Waals surface area contributed by atoms with Crippen molar-refractivity contribution in [3.8, 4) is 0 Å². The number of amides is 1. The van der Waals surface area contributed by atoms with Crippen LogP contribution in [0.1, 0.15) is 59.8 Å². The molecule has 0 unspecified atom stereocenters. The van der Waals surface area contributed by atoms with E-state index in [2.05, 4.69) is 6.92 Å². The molecule has 0 saturated heterocycles. The van der Waals surface area contributed by atoms with Gasteiger partial charge in [-0.1, -0.05) is 19.8 Å². The molecule has 1 fully saturated rings. The summed E-state index contributed by atoms with van der Waals surface area (Å²) >= 11 is 0. The van der Waals surface area contributed by atoms with E-state index in [9.17, 15) is 4.79 Å².